The molecule has 4 saturated carbocycles. The average Bonchev–Trinajstić information content (AvgIpc) is 2.24. The molecule has 3 heteroatoms. The van der Waals surface area contributed by atoms with Crippen LogP contribution in [0.5, 0.6) is 0 Å². The fourth-order valence-corrected chi connectivity index (χ4v) is 4.96. The summed E-state index contributed by atoms with van der Waals surface area (Å²) in [5.74, 6) is 2.12. The van der Waals surface area contributed by atoms with Crippen LogP contribution in [0.25, 0.3) is 0 Å². The van der Waals surface area contributed by atoms with E-state index in [0.29, 0.717) is 5.41 Å². The Morgan fingerprint density at radius 2 is 1.71 bits per heavy atom. The minimum absolute atomic E-state index is 0.400. The first-order chi connectivity index (χ1) is 8.06. The summed E-state index contributed by atoms with van der Waals surface area (Å²) < 4.78 is 0. The van der Waals surface area contributed by atoms with E-state index in [0.717, 1.165) is 24.3 Å². The van der Waals surface area contributed by atoms with Crippen molar-refractivity contribution in [1.29, 1.82) is 0 Å². The summed E-state index contributed by atoms with van der Waals surface area (Å²) in [5, 5.41) is 12.2. The van der Waals surface area contributed by atoms with Gasteiger partial charge in [0.1, 0.15) is 6.04 Å². The monoisotopic (exact) mass is 237 g/mol. The predicted molar refractivity (Wildman–Crippen MR) is 65.7 cm³/mol. The number of nitrogens with one attached hydrogen (secondary N) is 1. The van der Waals surface area contributed by atoms with Gasteiger partial charge in [-0.1, -0.05) is 0 Å². The zero-order valence-electron chi connectivity index (χ0n) is 10.6. The van der Waals surface area contributed by atoms with E-state index < -0.39 is 12.0 Å². The van der Waals surface area contributed by atoms with Crippen LogP contribution in [0.3, 0.4) is 0 Å². The van der Waals surface area contributed by atoms with Gasteiger partial charge in [0.2, 0.25) is 0 Å². The molecule has 0 spiro atoms. The lowest BCUT2D eigenvalue weighted by Gasteiger charge is -2.57. The third kappa shape index (κ3) is 2.10. The zero-order valence-corrected chi connectivity index (χ0v) is 10.6. The molecule has 2 N–H and O–H groups in total. The van der Waals surface area contributed by atoms with Gasteiger partial charge in [0.05, 0.1) is 0 Å². The SMILES string of the molecule is C[C@@H](NCC12CC3CC(CC(C3)C1)C2)C(=O)O. The standard InChI is InChI=1S/C14H23NO2/c1-9(13(16)17)15-8-14-5-10-2-11(6-14)4-12(3-10)7-14/h9-12,15H,2-8H2,1H3,(H,16,17)/t9-,10?,11?,12?,14?/m1/s1. The molecule has 4 bridgehead atoms. The Labute approximate surface area is 103 Å². The van der Waals surface area contributed by atoms with Crippen LogP contribution in [0.4, 0.5) is 0 Å². The molecule has 0 aliphatic heterocycles. The third-order valence-corrected chi connectivity index (χ3v) is 5.32. The van der Waals surface area contributed by atoms with Crippen molar-refractivity contribution in [3.8, 4) is 0 Å². The van der Waals surface area contributed by atoms with Gasteiger partial charge in [0, 0.05) is 6.54 Å². The van der Waals surface area contributed by atoms with Crippen molar-refractivity contribution < 1.29 is 9.90 Å². The molecule has 4 aliphatic carbocycles. The molecule has 0 aromatic carbocycles. The van der Waals surface area contributed by atoms with Gasteiger partial charge in [-0.15, -0.1) is 0 Å². The predicted octanol–water partition coefficient (Wildman–Crippen LogP) is 2.27. The largest absolute Gasteiger partial charge is 0.480 e. The van der Waals surface area contributed by atoms with Crippen LogP contribution >= 0.6 is 0 Å². The first-order valence-electron chi connectivity index (χ1n) is 7.02. The van der Waals surface area contributed by atoms with E-state index in [9.17, 15) is 4.79 Å². The summed E-state index contributed by atoms with van der Waals surface area (Å²) in [5.41, 5.74) is 0.443. The Balaban J connectivity index is 1.64. The maximum Gasteiger partial charge on any atom is 0.320 e. The van der Waals surface area contributed by atoms with Crippen LogP contribution in [-0.4, -0.2) is 23.7 Å². The fraction of sp³-hybridized carbons (Fsp3) is 0.929. The van der Waals surface area contributed by atoms with Gasteiger partial charge in [0.15, 0.2) is 0 Å². The Morgan fingerprint density at radius 1 is 1.24 bits per heavy atom. The van der Waals surface area contributed by atoms with Gasteiger partial charge < -0.3 is 10.4 Å². The van der Waals surface area contributed by atoms with Crippen molar-refractivity contribution in [3.05, 3.63) is 0 Å². The molecule has 4 rings (SSSR count). The lowest BCUT2D eigenvalue weighted by atomic mass is 9.49. The lowest BCUT2D eigenvalue weighted by molar-refractivity contribution is -0.139. The quantitative estimate of drug-likeness (QED) is 0.788. The van der Waals surface area contributed by atoms with Crippen LogP contribution in [0.2, 0.25) is 0 Å². The summed E-state index contributed by atoms with van der Waals surface area (Å²) in [7, 11) is 0. The number of aliphatic carboxylic acids is 1. The van der Waals surface area contributed by atoms with Crippen molar-refractivity contribution in [1.82, 2.24) is 5.32 Å². The molecular weight excluding hydrogens is 214 g/mol. The van der Waals surface area contributed by atoms with Gasteiger partial charge in [0.25, 0.3) is 0 Å². The van der Waals surface area contributed by atoms with Gasteiger partial charge >= 0.3 is 5.97 Å². The second kappa shape index (κ2) is 3.98. The highest BCUT2D eigenvalue weighted by Gasteiger charge is 2.50. The van der Waals surface area contributed by atoms with Crippen LogP contribution in [0.15, 0.2) is 0 Å². The summed E-state index contributed by atoms with van der Waals surface area (Å²) >= 11 is 0. The molecule has 1 atom stereocenters. The molecule has 96 valence electrons. The summed E-state index contributed by atoms with van der Waals surface area (Å²) in [4.78, 5) is 10.9. The summed E-state index contributed by atoms with van der Waals surface area (Å²) in [6, 6.07) is -0.400. The average molecular weight is 237 g/mol. The van der Waals surface area contributed by atoms with Crippen LogP contribution in [0, 0.1) is 23.2 Å². The van der Waals surface area contributed by atoms with Crippen molar-refractivity contribution in [2.24, 2.45) is 23.2 Å². The highest BCUT2D eigenvalue weighted by atomic mass is 16.4. The maximum atomic E-state index is 10.9. The van der Waals surface area contributed by atoms with Crippen molar-refractivity contribution in [3.63, 3.8) is 0 Å². The van der Waals surface area contributed by atoms with E-state index >= 15 is 0 Å². The summed E-state index contributed by atoms with van der Waals surface area (Å²) in [6.07, 6.45) is 8.39. The van der Waals surface area contributed by atoms with E-state index in [1.165, 1.54) is 38.5 Å². The van der Waals surface area contributed by atoms with E-state index in [-0.39, 0.29) is 0 Å². The molecule has 17 heavy (non-hydrogen) atoms. The molecule has 0 radical (unpaired) electrons. The first kappa shape index (κ1) is 11.5. The molecule has 0 aromatic rings. The number of rotatable bonds is 4. The van der Waals surface area contributed by atoms with E-state index in [1.54, 1.807) is 6.92 Å². The number of carboxylic acids is 1. The topological polar surface area (TPSA) is 49.3 Å². The van der Waals surface area contributed by atoms with Gasteiger partial charge in [-0.3, -0.25) is 4.79 Å². The maximum absolute atomic E-state index is 10.9. The molecular formula is C14H23NO2. The number of hydrogen-bond donors (Lipinski definition) is 2. The van der Waals surface area contributed by atoms with Crippen LogP contribution < -0.4 is 5.32 Å². The Hall–Kier alpha value is -0.570. The molecule has 0 saturated heterocycles. The van der Waals surface area contributed by atoms with Gasteiger partial charge in [-0.05, 0) is 68.6 Å². The fourth-order valence-electron chi connectivity index (χ4n) is 4.96. The summed E-state index contributed by atoms with van der Waals surface area (Å²) in [6.45, 7) is 2.67. The third-order valence-electron chi connectivity index (χ3n) is 5.32. The van der Waals surface area contributed by atoms with Crippen molar-refractivity contribution >= 4 is 5.97 Å². The van der Waals surface area contributed by atoms with Crippen molar-refractivity contribution in [2.45, 2.75) is 51.5 Å². The zero-order chi connectivity index (χ0) is 12.0. The molecule has 3 nitrogen and oxygen atoms in total. The van der Waals surface area contributed by atoms with Crippen LogP contribution in [0.1, 0.15) is 45.4 Å². The highest BCUT2D eigenvalue weighted by Crippen LogP contribution is 2.59. The Morgan fingerprint density at radius 3 is 2.12 bits per heavy atom. The number of carbonyl (C=O) groups is 1. The molecule has 0 amide bonds. The van der Waals surface area contributed by atoms with E-state index in [4.69, 9.17) is 5.11 Å². The Bertz CT molecular complexity index is 291. The second-order valence-corrected chi connectivity index (χ2v) is 6.86. The van der Waals surface area contributed by atoms with Gasteiger partial charge in [-0.25, -0.2) is 0 Å². The van der Waals surface area contributed by atoms with E-state index in [2.05, 4.69) is 5.32 Å². The molecule has 4 fully saturated rings. The van der Waals surface area contributed by atoms with Crippen LogP contribution in [-0.2, 0) is 4.79 Å². The number of hydrogen-bond acceptors (Lipinski definition) is 2. The lowest BCUT2D eigenvalue weighted by Crippen LogP contribution is -2.52. The van der Waals surface area contributed by atoms with Gasteiger partial charge in [-0.2, -0.15) is 0 Å². The number of carboxylic acid groups (broad SMARTS) is 1. The smallest absolute Gasteiger partial charge is 0.320 e. The van der Waals surface area contributed by atoms with Crippen molar-refractivity contribution in [2.75, 3.05) is 6.54 Å². The Kier molecular flexibility index (Phi) is 2.69. The highest BCUT2D eigenvalue weighted by molar-refractivity contribution is 5.72. The van der Waals surface area contributed by atoms with E-state index in [1.807, 2.05) is 0 Å². The minimum Gasteiger partial charge on any atom is -0.480 e. The first-order valence-corrected chi connectivity index (χ1v) is 7.02. The second-order valence-electron chi connectivity index (χ2n) is 6.86. The molecule has 0 aromatic heterocycles. The molecule has 0 heterocycles. The minimum atomic E-state index is -0.727. The molecule has 4 aliphatic rings. The normalized spacial score (nSPS) is 44.9. The molecule has 0 unspecified atom stereocenters.